The zero-order valence-corrected chi connectivity index (χ0v) is 13.5. The summed E-state index contributed by atoms with van der Waals surface area (Å²) in [5, 5.41) is -0.0362. The summed E-state index contributed by atoms with van der Waals surface area (Å²) in [7, 11) is 0. The Morgan fingerprint density at radius 2 is 2.16 bits per heavy atom. The molecule has 0 spiro atoms. The van der Waals surface area contributed by atoms with Crippen LogP contribution in [-0.2, 0) is 4.74 Å². The quantitative estimate of drug-likeness (QED) is 0.514. The van der Waals surface area contributed by atoms with Crippen molar-refractivity contribution in [1.29, 1.82) is 0 Å². The molecule has 0 saturated carbocycles. The maximum absolute atomic E-state index is 11.9. The van der Waals surface area contributed by atoms with Gasteiger partial charge in [0, 0.05) is 0 Å². The number of carbonyl (C=O) groups excluding carboxylic acids is 1. The van der Waals surface area contributed by atoms with E-state index in [0.717, 1.165) is 12.8 Å². The molecule has 1 rings (SSSR count). The predicted molar refractivity (Wildman–Crippen MR) is 83.5 cm³/mol. The Bertz CT molecular complexity index is 365. The van der Waals surface area contributed by atoms with E-state index in [4.69, 9.17) is 4.74 Å². The van der Waals surface area contributed by atoms with Crippen molar-refractivity contribution in [3.63, 3.8) is 0 Å². The van der Waals surface area contributed by atoms with Gasteiger partial charge in [0.15, 0.2) is 0 Å². The molecule has 1 aliphatic heterocycles. The molecule has 1 unspecified atom stereocenters. The Morgan fingerprint density at radius 1 is 1.47 bits per heavy atom. The third-order valence-corrected chi connectivity index (χ3v) is 4.26. The summed E-state index contributed by atoms with van der Waals surface area (Å²) in [5.74, 6) is 1.02. The maximum atomic E-state index is 11.9. The molecule has 0 aliphatic carbocycles. The molecule has 0 saturated heterocycles. The molecule has 0 radical (unpaired) electrons. The van der Waals surface area contributed by atoms with E-state index in [0.29, 0.717) is 18.4 Å². The van der Waals surface area contributed by atoms with Crippen LogP contribution in [0.3, 0.4) is 0 Å². The monoisotopic (exact) mass is 282 g/mol. The molecular formula is C16H26O2S. The summed E-state index contributed by atoms with van der Waals surface area (Å²) in [6, 6.07) is 0. The highest BCUT2D eigenvalue weighted by Gasteiger charge is 2.21. The van der Waals surface area contributed by atoms with Crippen molar-refractivity contribution in [3.8, 4) is 0 Å². The molecule has 3 heteroatoms. The molecule has 0 aromatic carbocycles. The third-order valence-electron chi connectivity index (χ3n) is 3.29. The molecule has 1 heterocycles. The number of rotatable bonds is 2. The molecule has 2 atom stereocenters. The van der Waals surface area contributed by atoms with E-state index in [2.05, 4.69) is 46.8 Å². The van der Waals surface area contributed by atoms with Crippen molar-refractivity contribution in [2.24, 2.45) is 11.8 Å². The first kappa shape index (κ1) is 16.4. The zero-order valence-electron chi connectivity index (χ0n) is 12.7. The van der Waals surface area contributed by atoms with Gasteiger partial charge in [-0.2, -0.15) is 0 Å². The minimum absolute atomic E-state index is 0.114. The summed E-state index contributed by atoms with van der Waals surface area (Å²) in [5.41, 5.74) is 2.58. The number of allylic oxidation sites excluding steroid dienone is 2. The maximum Gasteiger partial charge on any atom is 0.368 e. The molecule has 2 nitrogen and oxygen atoms in total. The summed E-state index contributed by atoms with van der Waals surface area (Å²) in [4.78, 5) is 11.9. The number of ether oxygens (including phenoxy) is 1. The van der Waals surface area contributed by atoms with Crippen LogP contribution >= 0.6 is 11.8 Å². The highest BCUT2D eigenvalue weighted by Crippen LogP contribution is 2.31. The van der Waals surface area contributed by atoms with Crippen LogP contribution in [0, 0.1) is 11.8 Å². The number of hydrogen-bond donors (Lipinski definition) is 0. The second-order valence-corrected chi connectivity index (χ2v) is 6.95. The van der Waals surface area contributed by atoms with Crippen LogP contribution in [-0.4, -0.2) is 17.2 Å². The van der Waals surface area contributed by atoms with Crippen molar-refractivity contribution in [2.75, 3.05) is 6.61 Å². The fraction of sp³-hybridized carbons (Fsp3) is 0.688. The van der Waals surface area contributed by atoms with Gasteiger partial charge in [0.25, 0.3) is 0 Å². The lowest BCUT2D eigenvalue weighted by Crippen LogP contribution is -2.16. The van der Waals surface area contributed by atoms with Crippen molar-refractivity contribution in [1.82, 2.24) is 0 Å². The third kappa shape index (κ3) is 5.85. The number of carbonyl (C=O) groups is 1. The number of cyclic esters (lactones) is 1. The van der Waals surface area contributed by atoms with Crippen LogP contribution in [0.25, 0.3) is 0 Å². The van der Waals surface area contributed by atoms with Crippen molar-refractivity contribution in [2.45, 2.75) is 52.7 Å². The fourth-order valence-corrected chi connectivity index (χ4v) is 3.32. The van der Waals surface area contributed by atoms with Gasteiger partial charge >= 0.3 is 5.30 Å². The van der Waals surface area contributed by atoms with Crippen LogP contribution in [0.15, 0.2) is 23.3 Å². The summed E-state index contributed by atoms with van der Waals surface area (Å²) < 4.78 is 5.30. The van der Waals surface area contributed by atoms with Gasteiger partial charge in [0.1, 0.15) is 0 Å². The van der Waals surface area contributed by atoms with Gasteiger partial charge < -0.3 is 4.74 Å². The van der Waals surface area contributed by atoms with E-state index in [1.54, 1.807) is 0 Å². The van der Waals surface area contributed by atoms with Crippen LogP contribution in [0.2, 0.25) is 0 Å². The fourth-order valence-electron chi connectivity index (χ4n) is 2.12. The van der Waals surface area contributed by atoms with E-state index in [-0.39, 0.29) is 10.6 Å². The van der Waals surface area contributed by atoms with Gasteiger partial charge in [-0.3, -0.25) is 0 Å². The molecule has 108 valence electrons. The van der Waals surface area contributed by atoms with Crippen LogP contribution < -0.4 is 0 Å². The second-order valence-electron chi connectivity index (χ2n) is 5.87. The van der Waals surface area contributed by atoms with E-state index in [1.807, 2.05) is 0 Å². The molecule has 0 bridgehead atoms. The van der Waals surface area contributed by atoms with Gasteiger partial charge in [-0.15, -0.1) is 0 Å². The lowest BCUT2D eigenvalue weighted by Gasteiger charge is -2.22. The molecular weight excluding hydrogens is 256 g/mol. The Kier molecular flexibility index (Phi) is 6.70. The molecule has 0 aromatic rings. The summed E-state index contributed by atoms with van der Waals surface area (Å²) in [6.07, 6.45) is 6.52. The Labute approximate surface area is 121 Å². The van der Waals surface area contributed by atoms with Gasteiger partial charge in [0.2, 0.25) is 0 Å². The average Bonchev–Trinajstić information content (AvgIpc) is 2.27. The smallest absolute Gasteiger partial charge is 0.368 e. The molecule has 0 N–H and O–H groups in total. The first-order valence-corrected chi connectivity index (χ1v) is 7.96. The Morgan fingerprint density at radius 3 is 2.74 bits per heavy atom. The van der Waals surface area contributed by atoms with Crippen molar-refractivity contribution in [3.05, 3.63) is 23.3 Å². The zero-order chi connectivity index (χ0) is 14.4. The molecule has 1 aliphatic rings. The van der Waals surface area contributed by atoms with E-state index in [9.17, 15) is 4.79 Å². The topological polar surface area (TPSA) is 26.3 Å². The van der Waals surface area contributed by atoms with Crippen LogP contribution in [0.5, 0.6) is 0 Å². The largest absolute Gasteiger partial charge is 0.458 e. The van der Waals surface area contributed by atoms with Gasteiger partial charge in [-0.05, 0) is 50.3 Å². The van der Waals surface area contributed by atoms with Gasteiger partial charge in [-0.1, -0.05) is 44.1 Å². The molecule has 0 aromatic heterocycles. The van der Waals surface area contributed by atoms with E-state index in [1.165, 1.54) is 22.9 Å². The Hall–Kier alpha value is -0.700. The molecule has 19 heavy (non-hydrogen) atoms. The van der Waals surface area contributed by atoms with E-state index < -0.39 is 0 Å². The highest BCUT2D eigenvalue weighted by atomic mass is 32.2. The minimum atomic E-state index is -0.150. The lowest BCUT2D eigenvalue weighted by molar-refractivity contribution is 0.167. The predicted octanol–water partition coefficient (Wildman–Crippen LogP) is 5.20. The second kappa shape index (κ2) is 7.78. The van der Waals surface area contributed by atoms with Crippen molar-refractivity contribution < 1.29 is 9.53 Å². The lowest BCUT2D eigenvalue weighted by atomic mass is 9.94. The van der Waals surface area contributed by atoms with E-state index >= 15 is 0 Å². The van der Waals surface area contributed by atoms with Crippen molar-refractivity contribution >= 4 is 17.1 Å². The number of thioether (sulfide) groups is 1. The normalized spacial score (nSPS) is 28.3. The minimum Gasteiger partial charge on any atom is -0.458 e. The van der Waals surface area contributed by atoms with Crippen LogP contribution in [0.1, 0.15) is 47.5 Å². The standard InChI is InChI=1S/C16H26O2S/c1-11(2)10-15-14(12(3)4)7-6-13(5)8-9-18-16(17)19-15/h7,10,12-13,15H,6,8-9H2,1-5H3/b14-7-/t13-,15?/m0/s1. The SMILES string of the molecule is CC(C)=CC1SC(=O)OCC[C@@H](C)C/C=C\1C(C)C. The summed E-state index contributed by atoms with van der Waals surface area (Å²) >= 11 is 1.30. The highest BCUT2D eigenvalue weighted by molar-refractivity contribution is 8.14. The Balaban J connectivity index is 3.04. The molecule has 0 fully saturated rings. The first-order valence-electron chi connectivity index (χ1n) is 7.08. The van der Waals surface area contributed by atoms with Crippen LogP contribution in [0.4, 0.5) is 4.79 Å². The summed E-state index contributed by atoms with van der Waals surface area (Å²) in [6.45, 7) is 11.3. The average molecular weight is 282 g/mol. The number of hydrogen-bond acceptors (Lipinski definition) is 3. The van der Waals surface area contributed by atoms with Gasteiger partial charge in [-0.25, -0.2) is 4.79 Å². The molecule has 0 amide bonds. The van der Waals surface area contributed by atoms with Gasteiger partial charge in [0.05, 0.1) is 11.9 Å². The first-order chi connectivity index (χ1) is 8.90.